The van der Waals surface area contributed by atoms with Crippen LogP contribution in [0.15, 0.2) is 48.6 Å². The van der Waals surface area contributed by atoms with Gasteiger partial charge in [-0.1, -0.05) is 36.4 Å². The van der Waals surface area contributed by atoms with E-state index in [2.05, 4.69) is 0 Å². The first kappa shape index (κ1) is 19.4. The molecule has 0 radical (unpaired) electrons. The van der Waals surface area contributed by atoms with E-state index in [0.717, 1.165) is 11.1 Å². The van der Waals surface area contributed by atoms with E-state index in [4.69, 9.17) is 14.2 Å². The van der Waals surface area contributed by atoms with Crippen molar-refractivity contribution in [3.05, 3.63) is 59.7 Å². The lowest BCUT2D eigenvalue weighted by Gasteiger charge is -2.06. The van der Waals surface area contributed by atoms with Crippen molar-refractivity contribution in [2.75, 3.05) is 26.9 Å². The molecule has 0 saturated carbocycles. The van der Waals surface area contributed by atoms with E-state index >= 15 is 0 Å². The first-order valence-corrected chi connectivity index (χ1v) is 8.37. The van der Waals surface area contributed by atoms with Crippen LogP contribution in [0.4, 0.5) is 0 Å². The van der Waals surface area contributed by atoms with E-state index in [0.29, 0.717) is 31.3 Å². The van der Waals surface area contributed by atoms with Crippen LogP contribution in [-0.2, 0) is 4.74 Å². The Kier molecular flexibility index (Phi) is 7.58. The molecule has 0 aromatic heterocycles. The largest absolute Gasteiger partial charge is 0.504 e. The molecule has 2 aromatic carbocycles. The molecular formula is C21H24O5. The molecule has 0 aliphatic carbocycles. The summed E-state index contributed by atoms with van der Waals surface area (Å²) in [4.78, 5) is 0. The van der Waals surface area contributed by atoms with Crippen molar-refractivity contribution < 1.29 is 24.4 Å². The van der Waals surface area contributed by atoms with Crippen LogP contribution >= 0.6 is 0 Å². The fourth-order valence-corrected chi connectivity index (χ4v) is 2.28. The average Bonchev–Trinajstić information content (AvgIpc) is 2.65. The zero-order valence-corrected chi connectivity index (χ0v) is 15.0. The van der Waals surface area contributed by atoms with E-state index in [1.54, 1.807) is 30.3 Å². The van der Waals surface area contributed by atoms with Crippen LogP contribution in [-0.4, -0.2) is 37.1 Å². The van der Waals surface area contributed by atoms with Gasteiger partial charge < -0.3 is 24.4 Å². The van der Waals surface area contributed by atoms with Gasteiger partial charge in [0.05, 0.1) is 26.9 Å². The molecule has 2 N–H and O–H groups in total. The molecule has 26 heavy (non-hydrogen) atoms. The second-order valence-corrected chi connectivity index (χ2v) is 5.43. The summed E-state index contributed by atoms with van der Waals surface area (Å²) in [6, 6.07) is 10.4. The summed E-state index contributed by atoms with van der Waals surface area (Å²) in [5.41, 5.74) is 1.85. The van der Waals surface area contributed by atoms with Crippen LogP contribution in [0.5, 0.6) is 23.0 Å². The summed E-state index contributed by atoms with van der Waals surface area (Å²) in [5.74, 6) is 1.17. The third-order valence-electron chi connectivity index (χ3n) is 3.54. The highest BCUT2D eigenvalue weighted by Gasteiger charge is 2.01. The Balaban J connectivity index is 1.78. The molecule has 5 nitrogen and oxygen atoms in total. The molecule has 0 fully saturated rings. The van der Waals surface area contributed by atoms with Crippen LogP contribution < -0.4 is 9.47 Å². The van der Waals surface area contributed by atoms with Gasteiger partial charge in [0.1, 0.15) is 0 Å². The van der Waals surface area contributed by atoms with Gasteiger partial charge >= 0.3 is 0 Å². The van der Waals surface area contributed by atoms with E-state index < -0.39 is 0 Å². The van der Waals surface area contributed by atoms with Crippen molar-refractivity contribution in [3.63, 3.8) is 0 Å². The maximum atomic E-state index is 9.67. The normalized spacial score (nSPS) is 11.3. The first-order chi connectivity index (χ1) is 12.6. The van der Waals surface area contributed by atoms with Gasteiger partial charge in [-0.05, 0) is 42.3 Å². The Morgan fingerprint density at radius 2 is 1.38 bits per heavy atom. The minimum absolute atomic E-state index is 0.118. The summed E-state index contributed by atoms with van der Waals surface area (Å²) in [6.45, 7) is 3.31. The highest BCUT2D eigenvalue weighted by atomic mass is 16.5. The fourth-order valence-electron chi connectivity index (χ4n) is 2.28. The molecule has 5 heteroatoms. The topological polar surface area (TPSA) is 68.2 Å². The standard InChI is InChI=1S/C21H24O5/c1-3-26-21-15-17(9-11-19(21)23)7-5-13-25-12-4-6-16-8-10-18(22)20(14-16)24-2/h4-11,14-15,22-23H,3,12-13H2,1-2H3/b6-4+,7-5+. The number of phenolic OH excluding ortho intramolecular Hbond substituents is 2. The predicted octanol–water partition coefficient (Wildman–Crippen LogP) is 4.25. The molecule has 0 bridgehead atoms. The van der Waals surface area contributed by atoms with Crippen molar-refractivity contribution in [2.45, 2.75) is 6.92 Å². The summed E-state index contributed by atoms with van der Waals surface area (Å²) >= 11 is 0. The number of methoxy groups -OCH3 is 1. The number of rotatable bonds is 9. The molecular weight excluding hydrogens is 332 g/mol. The Morgan fingerprint density at radius 3 is 1.92 bits per heavy atom. The van der Waals surface area contributed by atoms with Crippen LogP contribution in [0.1, 0.15) is 18.1 Å². The molecule has 2 aromatic rings. The van der Waals surface area contributed by atoms with Gasteiger partial charge in [0.15, 0.2) is 23.0 Å². The van der Waals surface area contributed by atoms with Crippen molar-refractivity contribution in [1.29, 1.82) is 0 Å². The Bertz CT molecular complexity index is 765. The van der Waals surface area contributed by atoms with E-state index in [-0.39, 0.29) is 11.5 Å². The van der Waals surface area contributed by atoms with E-state index in [9.17, 15) is 10.2 Å². The van der Waals surface area contributed by atoms with Gasteiger partial charge in [-0.3, -0.25) is 0 Å². The maximum Gasteiger partial charge on any atom is 0.161 e. The monoisotopic (exact) mass is 356 g/mol. The average molecular weight is 356 g/mol. The third kappa shape index (κ3) is 5.86. The van der Waals surface area contributed by atoms with Crippen molar-refractivity contribution >= 4 is 12.2 Å². The fraction of sp³-hybridized carbons (Fsp3) is 0.238. The third-order valence-corrected chi connectivity index (χ3v) is 3.54. The molecule has 0 amide bonds. The molecule has 0 unspecified atom stereocenters. The SMILES string of the molecule is CCOc1cc(/C=C/COC/C=C/c2ccc(O)c(OC)c2)ccc1O. The Labute approximate surface area is 153 Å². The predicted molar refractivity (Wildman–Crippen MR) is 103 cm³/mol. The zero-order valence-electron chi connectivity index (χ0n) is 15.0. The number of ether oxygens (including phenoxy) is 3. The van der Waals surface area contributed by atoms with Gasteiger partial charge in [-0.25, -0.2) is 0 Å². The second kappa shape index (κ2) is 10.2. The van der Waals surface area contributed by atoms with Gasteiger partial charge in [0, 0.05) is 0 Å². The molecule has 0 atom stereocenters. The quantitative estimate of drug-likeness (QED) is 0.658. The van der Waals surface area contributed by atoms with E-state index in [1.165, 1.54) is 7.11 Å². The van der Waals surface area contributed by atoms with Crippen molar-refractivity contribution in [2.24, 2.45) is 0 Å². The first-order valence-electron chi connectivity index (χ1n) is 8.37. The lowest BCUT2D eigenvalue weighted by Crippen LogP contribution is -1.92. The molecule has 0 spiro atoms. The summed E-state index contributed by atoms with van der Waals surface area (Å²) in [6.07, 6.45) is 7.61. The zero-order chi connectivity index (χ0) is 18.8. The maximum absolute atomic E-state index is 9.67. The Hall–Kier alpha value is -2.92. The van der Waals surface area contributed by atoms with Crippen LogP contribution in [0, 0.1) is 0 Å². The van der Waals surface area contributed by atoms with Gasteiger partial charge in [0.25, 0.3) is 0 Å². The minimum Gasteiger partial charge on any atom is -0.504 e. The van der Waals surface area contributed by atoms with Crippen molar-refractivity contribution in [3.8, 4) is 23.0 Å². The van der Waals surface area contributed by atoms with Crippen LogP contribution in [0.25, 0.3) is 12.2 Å². The number of phenols is 2. The van der Waals surface area contributed by atoms with Crippen LogP contribution in [0.3, 0.4) is 0 Å². The number of hydrogen-bond acceptors (Lipinski definition) is 5. The molecule has 0 aliphatic rings. The lowest BCUT2D eigenvalue weighted by atomic mass is 10.2. The van der Waals surface area contributed by atoms with Gasteiger partial charge in [-0.2, -0.15) is 0 Å². The summed E-state index contributed by atoms with van der Waals surface area (Å²) in [7, 11) is 1.52. The number of benzene rings is 2. The number of hydrogen-bond donors (Lipinski definition) is 2. The number of aromatic hydroxyl groups is 2. The van der Waals surface area contributed by atoms with Gasteiger partial charge in [0.2, 0.25) is 0 Å². The van der Waals surface area contributed by atoms with Gasteiger partial charge in [-0.15, -0.1) is 0 Å². The summed E-state index contributed by atoms with van der Waals surface area (Å²) in [5, 5.41) is 19.2. The minimum atomic E-state index is 0.118. The molecule has 0 aliphatic heterocycles. The molecule has 2 rings (SSSR count). The smallest absolute Gasteiger partial charge is 0.161 e. The molecule has 138 valence electrons. The molecule has 0 saturated heterocycles. The van der Waals surface area contributed by atoms with Crippen LogP contribution in [0.2, 0.25) is 0 Å². The summed E-state index contributed by atoms with van der Waals surface area (Å²) < 4.78 is 15.9. The van der Waals surface area contributed by atoms with E-state index in [1.807, 2.05) is 37.3 Å². The highest BCUT2D eigenvalue weighted by Crippen LogP contribution is 2.27. The second-order valence-electron chi connectivity index (χ2n) is 5.43. The molecule has 0 heterocycles. The van der Waals surface area contributed by atoms with Crippen molar-refractivity contribution in [1.82, 2.24) is 0 Å². The Morgan fingerprint density at radius 1 is 0.846 bits per heavy atom. The highest BCUT2D eigenvalue weighted by molar-refractivity contribution is 5.56. The lowest BCUT2D eigenvalue weighted by molar-refractivity contribution is 0.195.